The van der Waals surface area contributed by atoms with E-state index in [0.29, 0.717) is 17.4 Å². The van der Waals surface area contributed by atoms with E-state index in [2.05, 4.69) is 4.98 Å². The van der Waals surface area contributed by atoms with E-state index >= 15 is 0 Å². The maximum atomic E-state index is 13.1. The van der Waals surface area contributed by atoms with Gasteiger partial charge >= 0.3 is 0 Å². The van der Waals surface area contributed by atoms with Gasteiger partial charge in [0.15, 0.2) is 11.7 Å². The zero-order valence-corrected chi connectivity index (χ0v) is 18.0. The molecule has 0 unspecified atom stereocenters. The number of aromatic nitrogens is 1. The number of ether oxygens (including phenoxy) is 2. The molecule has 1 aromatic heterocycles. The highest BCUT2D eigenvalue weighted by Crippen LogP contribution is 2.32. The first kappa shape index (κ1) is 21.3. The maximum Gasteiger partial charge on any atom is 0.273 e. The van der Waals surface area contributed by atoms with Crippen molar-refractivity contribution in [3.8, 4) is 11.5 Å². The summed E-state index contributed by atoms with van der Waals surface area (Å²) in [6, 6.07) is 20.9. The lowest BCUT2D eigenvalue weighted by atomic mass is 10.2. The Balaban J connectivity index is 1.59. The van der Waals surface area contributed by atoms with E-state index in [9.17, 15) is 14.9 Å². The molecule has 0 spiro atoms. The van der Waals surface area contributed by atoms with Gasteiger partial charge < -0.3 is 9.47 Å². The largest absolute Gasteiger partial charge is 0.497 e. The summed E-state index contributed by atoms with van der Waals surface area (Å²) in [6.45, 7) is 0.0299. The molecule has 0 aliphatic carbocycles. The molecule has 9 heteroatoms. The molecule has 1 amide bonds. The number of non-ortho nitro benzene ring substituents is 1. The highest BCUT2D eigenvalue weighted by molar-refractivity contribution is 7.22. The number of carbonyl (C=O) groups excluding carboxylic acids is 1. The van der Waals surface area contributed by atoms with E-state index in [1.807, 2.05) is 48.5 Å². The molecule has 1 heterocycles. The van der Waals surface area contributed by atoms with Crippen molar-refractivity contribution in [1.82, 2.24) is 4.98 Å². The summed E-state index contributed by atoms with van der Waals surface area (Å²) in [4.78, 5) is 29.8. The number of nitrogens with zero attached hydrogens (tertiary/aromatic N) is 3. The molecule has 0 aliphatic rings. The molecule has 0 saturated carbocycles. The summed E-state index contributed by atoms with van der Waals surface area (Å²) in [5.74, 6) is 0.648. The predicted octanol–water partition coefficient (Wildman–Crippen LogP) is 4.83. The average Bonchev–Trinajstić information content (AvgIpc) is 3.24. The first-order valence-electron chi connectivity index (χ1n) is 9.69. The Kier molecular flexibility index (Phi) is 6.27. The van der Waals surface area contributed by atoms with E-state index in [0.717, 1.165) is 15.8 Å². The van der Waals surface area contributed by atoms with Crippen LogP contribution < -0.4 is 14.4 Å². The molecular formula is C23H19N3O5S. The minimum atomic E-state index is -0.508. The van der Waals surface area contributed by atoms with Crippen LogP contribution in [0.1, 0.15) is 5.56 Å². The van der Waals surface area contributed by atoms with Crippen LogP contribution in [0.3, 0.4) is 0 Å². The zero-order chi connectivity index (χ0) is 22.5. The van der Waals surface area contributed by atoms with Crippen molar-refractivity contribution in [2.24, 2.45) is 0 Å². The summed E-state index contributed by atoms with van der Waals surface area (Å²) in [5, 5.41) is 11.5. The second-order valence-corrected chi connectivity index (χ2v) is 7.85. The first-order valence-corrected chi connectivity index (χ1v) is 10.5. The Hall–Kier alpha value is -3.98. The normalized spacial score (nSPS) is 10.7. The highest BCUT2D eigenvalue weighted by atomic mass is 32.1. The third-order valence-corrected chi connectivity index (χ3v) is 5.73. The molecule has 0 N–H and O–H groups in total. The van der Waals surface area contributed by atoms with Crippen molar-refractivity contribution in [1.29, 1.82) is 0 Å². The summed E-state index contributed by atoms with van der Waals surface area (Å²) in [5.41, 5.74) is 1.60. The SMILES string of the molecule is COc1ccc2nc(N(Cc3ccccc3)C(=O)COc3cccc([N+](=O)[O-])c3)sc2c1. The van der Waals surface area contributed by atoms with Gasteiger partial charge in [0.2, 0.25) is 0 Å². The van der Waals surface area contributed by atoms with Gasteiger partial charge in [-0.05, 0) is 29.8 Å². The van der Waals surface area contributed by atoms with Crippen molar-refractivity contribution in [2.75, 3.05) is 18.6 Å². The van der Waals surface area contributed by atoms with Crippen molar-refractivity contribution >= 4 is 38.3 Å². The van der Waals surface area contributed by atoms with Gasteiger partial charge in [-0.3, -0.25) is 19.8 Å². The number of rotatable bonds is 8. The van der Waals surface area contributed by atoms with E-state index in [4.69, 9.17) is 9.47 Å². The van der Waals surface area contributed by atoms with Crippen LogP contribution in [0.2, 0.25) is 0 Å². The van der Waals surface area contributed by atoms with Gasteiger partial charge in [0.1, 0.15) is 11.5 Å². The maximum absolute atomic E-state index is 13.1. The number of nitro benzene ring substituents is 1. The summed E-state index contributed by atoms with van der Waals surface area (Å²) in [7, 11) is 1.60. The van der Waals surface area contributed by atoms with Crippen molar-refractivity contribution in [3.63, 3.8) is 0 Å². The molecule has 0 aliphatic heterocycles. The third kappa shape index (κ3) is 4.84. The van der Waals surface area contributed by atoms with E-state index in [1.165, 1.54) is 29.5 Å². The van der Waals surface area contributed by atoms with Gasteiger partial charge in [0, 0.05) is 6.07 Å². The fourth-order valence-electron chi connectivity index (χ4n) is 3.07. The molecule has 8 nitrogen and oxygen atoms in total. The molecule has 0 atom stereocenters. The topological polar surface area (TPSA) is 94.8 Å². The Morgan fingerprint density at radius 3 is 2.62 bits per heavy atom. The average molecular weight is 449 g/mol. The molecule has 3 aromatic carbocycles. The number of thiazole rings is 1. The highest BCUT2D eigenvalue weighted by Gasteiger charge is 2.21. The number of methoxy groups -OCH3 is 1. The second-order valence-electron chi connectivity index (χ2n) is 6.84. The number of hydrogen-bond donors (Lipinski definition) is 0. The lowest BCUT2D eigenvalue weighted by molar-refractivity contribution is -0.384. The molecule has 4 aromatic rings. The van der Waals surface area contributed by atoms with Gasteiger partial charge in [0.25, 0.3) is 11.6 Å². The number of fused-ring (bicyclic) bond motifs is 1. The van der Waals surface area contributed by atoms with Crippen LogP contribution in [0.15, 0.2) is 72.8 Å². The van der Waals surface area contributed by atoms with Crippen molar-refractivity contribution in [2.45, 2.75) is 6.54 Å². The van der Waals surface area contributed by atoms with Gasteiger partial charge in [-0.1, -0.05) is 47.7 Å². The lowest BCUT2D eigenvalue weighted by Gasteiger charge is -2.20. The van der Waals surface area contributed by atoms with E-state index in [-0.39, 0.29) is 24.0 Å². The number of carbonyl (C=O) groups is 1. The first-order chi connectivity index (χ1) is 15.5. The quantitative estimate of drug-likeness (QED) is 0.283. The minimum absolute atomic E-state index is 0.101. The van der Waals surface area contributed by atoms with Crippen molar-refractivity contribution in [3.05, 3.63) is 88.5 Å². The molecule has 32 heavy (non-hydrogen) atoms. The summed E-state index contributed by atoms with van der Waals surface area (Å²) >= 11 is 1.38. The second kappa shape index (κ2) is 9.44. The van der Waals surface area contributed by atoms with Gasteiger partial charge in [-0.2, -0.15) is 0 Å². The van der Waals surface area contributed by atoms with E-state index in [1.54, 1.807) is 18.1 Å². The minimum Gasteiger partial charge on any atom is -0.497 e. The van der Waals surface area contributed by atoms with Crippen LogP contribution in [-0.2, 0) is 11.3 Å². The summed E-state index contributed by atoms with van der Waals surface area (Å²) in [6.07, 6.45) is 0. The third-order valence-electron chi connectivity index (χ3n) is 4.69. The van der Waals surface area contributed by atoms with Crippen LogP contribution in [0.25, 0.3) is 10.2 Å². The number of nitro groups is 1. The molecule has 4 rings (SSSR count). The fourth-order valence-corrected chi connectivity index (χ4v) is 4.08. The molecule has 162 valence electrons. The Bertz CT molecular complexity index is 1260. The number of anilines is 1. The Morgan fingerprint density at radius 1 is 1.06 bits per heavy atom. The number of amides is 1. The summed E-state index contributed by atoms with van der Waals surface area (Å²) < 4.78 is 11.7. The van der Waals surface area contributed by atoms with Gasteiger partial charge in [-0.25, -0.2) is 4.98 Å². The van der Waals surface area contributed by atoms with Gasteiger partial charge in [0.05, 0.1) is 34.9 Å². The monoisotopic (exact) mass is 449 g/mol. The molecule has 0 saturated heterocycles. The molecule has 0 bridgehead atoms. The lowest BCUT2D eigenvalue weighted by Crippen LogP contribution is -2.34. The van der Waals surface area contributed by atoms with E-state index < -0.39 is 4.92 Å². The molecular weight excluding hydrogens is 430 g/mol. The Labute approximate surface area is 187 Å². The smallest absolute Gasteiger partial charge is 0.273 e. The van der Waals surface area contributed by atoms with Gasteiger partial charge in [-0.15, -0.1) is 0 Å². The number of hydrogen-bond acceptors (Lipinski definition) is 7. The number of benzene rings is 3. The van der Waals surface area contributed by atoms with Crippen LogP contribution >= 0.6 is 11.3 Å². The fraction of sp³-hybridized carbons (Fsp3) is 0.130. The Morgan fingerprint density at radius 2 is 1.88 bits per heavy atom. The van der Waals surface area contributed by atoms with Crippen LogP contribution in [0.4, 0.5) is 10.8 Å². The predicted molar refractivity (Wildman–Crippen MR) is 122 cm³/mol. The van der Waals surface area contributed by atoms with Crippen molar-refractivity contribution < 1.29 is 19.2 Å². The zero-order valence-electron chi connectivity index (χ0n) is 17.1. The standard InChI is InChI=1S/C23H19N3O5S/c1-30-18-10-11-20-21(13-18)32-23(24-20)25(14-16-6-3-2-4-7-16)22(27)15-31-19-9-5-8-17(12-19)26(28)29/h2-13H,14-15H2,1H3. The van der Waals surface area contributed by atoms with Crippen LogP contribution in [0, 0.1) is 10.1 Å². The van der Waals surface area contributed by atoms with Crippen LogP contribution in [0.5, 0.6) is 11.5 Å². The van der Waals surface area contributed by atoms with Crippen LogP contribution in [-0.4, -0.2) is 29.5 Å². The molecule has 0 radical (unpaired) electrons. The molecule has 0 fully saturated rings.